The summed E-state index contributed by atoms with van der Waals surface area (Å²) in [5.41, 5.74) is 1.46. The van der Waals surface area contributed by atoms with Crippen LogP contribution in [0.5, 0.6) is 0 Å². The first-order valence-corrected chi connectivity index (χ1v) is 18.9. The van der Waals surface area contributed by atoms with E-state index in [4.69, 9.17) is 50.1 Å². The SMILES string of the molecule is C#CC.C=C(C)C[C@H](O)CO.CC#CC[C@H](O)COC.COC[C@H](CC1(C)CC1)OC.COC[C@H](CC1(S(=O)(=O)Cl)CC1)OC.OC[C@@H]1CO1. The minimum Gasteiger partial charge on any atom is -0.394 e. The van der Waals surface area contributed by atoms with Crippen molar-refractivity contribution in [3.8, 4) is 24.2 Å². The molecule has 3 fully saturated rings. The molecule has 12 nitrogen and oxygen atoms in total. The zero-order valence-corrected chi connectivity index (χ0v) is 33.5. The monoisotopic (exact) mass is 758 g/mol. The number of rotatable bonds is 18. The number of hydrogen-bond acceptors (Lipinski definition) is 12. The van der Waals surface area contributed by atoms with Gasteiger partial charge in [-0.1, -0.05) is 12.5 Å². The number of aliphatic hydroxyl groups excluding tert-OH is 4. The van der Waals surface area contributed by atoms with Crippen molar-refractivity contribution in [1.29, 1.82) is 0 Å². The maximum Gasteiger partial charge on any atom is 0.238 e. The topological polar surface area (TPSA) is 174 Å². The molecule has 2 saturated carbocycles. The largest absolute Gasteiger partial charge is 0.394 e. The van der Waals surface area contributed by atoms with E-state index in [1.807, 2.05) is 6.92 Å². The highest BCUT2D eigenvalue weighted by Gasteiger charge is 2.54. The van der Waals surface area contributed by atoms with Crippen LogP contribution in [0.3, 0.4) is 0 Å². The Morgan fingerprint density at radius 3 is 1.64 bits per heavy atom. The molecule has 0 unspecified atom stereocenters. The van der Waals surface area contributed by atoms with Crippen LogP contribution >= 0.6 is 10.7 Å². The molecule has 0 aromatic rings. The molecule has 3 rings (SSSR count). The first-order valence-electron chi connectivity index (χ1n) is 16.5. The molecule has 1 heterocycles. The van der Waals surface area contributed by atoms with Gasteiger partial charge in [0, 0.05) is 52.7 Å². The lowest BCUT2D eigenvalue weighted by atomic mass is 10.0. The van der Waals surface area contributed by atoms with Crippen LogP contribution in [-0.2, 0) is 37.5 Å². The summed E-state index contributed by atoms with van der Waals surface area (Å²) < 4.78 is 51.4. The molecule has 2 aliphatic carbocycles. The second kappa shape index (κ2) is 31.2. The lowest BCUT2D eigenvalue weighted by molar-refractivity contribution is 0.0126. The van der Waals surface area contributed by atoms with Gasteiger partial charge in [-0.25, -0.2) is 8.42 Å². The Labute approximate surface area is 307 Å². The van der Waals surface area contributed by atoms with Gasteiger partial charge in [0.2, 0.25) is 9.05 Å². The summed E-state index contributed by atoms with van der Waals surface area (Å²) >= 11 is 0. The molecule has 0 aromatic heterocycles. The first kappa shape index (κ1) is 53.1. The highest BCUT2D eigenvalue weighted by atomic mass is 35.7. The zero-order chi connectivity index (χ0) is 39.2. The van der Waals surface area contributed by atoms with Crippen LogP contribution in [0, 0.1) is 29.6 Å². The number of halogens is 1. The van der Waals surface area contributed by atoms with Crippen molar-refractivity contribution < 1.29 is 57.3 Å². The minimum absolute atomic E-state index is 0.174. The molecule has 1 aliphatic heterocycles. The zero-order valence-electron chi connectivity index (χ0n) is 31.9. The predicted octanol–water partition coefficient (Wildman–Crippen LogP) is 3.71. The molecule has 0 bridgehead atoms. The van der Waals surface area contributed by atoms with E-state index in [9.17, 15) is 8.42 Å². The van der Waals surface area contributed by atoms with Crippen molar-refractivity contribution in [3.63, 3.8) is 0 Å². The maximum absolute atomic E-state index is 11.2. The number of terminal acetylenes is 1. The van der Waals surface area contributed by atoms with Crippen molar-refractivity contribution in [2.75, 3.05) is 75.2 Å². The quantitative estimate of drug-likeness (QED) is 0.0692. The van der Waals surface area contributed by atoms with Crippen LogP contribution in [0.1, 0.15) is 79.1 Å². The Kier molecular flexibility index (Phi) is 33.2. The van der Waals surface area contributed by atoms with Crippen molar-refractivity contribution in [2.24, 2.45) is 5.41 Å². The Bertz CT molecular complexity index is 1040. The average Bonchev–Trinajstić information content (AvgIpc) is 3.94. The number of epoxide rings is 1. The van der Waals surface area contributed by atoms with Gasteiger partial charge < -0.3 is 48.8 Å². The number of aliphatic hydroxyl groups is 4. The fourth-order valence-corrected chi connectivity index (χ4v) is 5.60. The van der Waals surface area contributed by atoms with E-state index in [0.717, 1.165) is 25.2 Å². The van der Waals surface area contributed by atoms with E-state index in [0.29, 0.717) is 56.8 Å². The Hall–Kier alpha value is -1.30. The molecule has 0 aromatic carbocycles. The van der Waals surface area contributed by atoms with Gasteiger partial charge in [-0.15, -0.1) is 30.8 Å². The lowest BCUT2D eigenvalue weighted by Gasteiger charge is -2.19. The number of methoxy groups -OCH3 is 5. The fourth-order valence-electron chi connectivity index (χ4n) is 3.97. The first-order chi connectivity index (χ1) is 23.5. The third-order valence-electron chi connectivity index (χ3n) is 7.39. The molecule has 0 amide bonds. The summed E-state index contributed by atoms with van der Waals surface area (Å²) in [7, 11) is 10.0. The second-order valence-electron chi connectivity index (χ2n) is 12.6. The Balaban J connectivity index is -0.000000558. The van der Waals surface area contributed by atoms with E-state index >= 15 is 0 Å². The Morgan fingerprint density at radius 2 is 1.40 bits per heavy atom. The molecule has 14 heteroatoms. The van der Waals surface area contributed by atoms with Gasteiger partial charge in [-0.3, -0.25) is 0 Å². The van der Waals surface area contributed by atoms with Crippen LogP contribution in [0.2, 0.25) is 0 Å². The highest BCUT2D eigenvalue weighted by Crippen LogP contribution is 2.50. The molecule has 0 spiro atoms. The van der Waals surface area contributed by atoms with E-state index in [1.165, 1.54) is 12.8 Å². The van der Waals surface area contributed by atoms with Crippen molar-refractivity contribution >= 4 is 19.7 Å². The van der Waals surface area contributed by atoms with E-state index in [-0.39, 0.29) is 25.4 Å². The average molecular weight is 759 g/mol. The van der Waals surface area contributed by atoms with Crippen molar-refractivity contribution in [3.05, 3.63) is 12.2 Å². The second-order valence-corrected chi connectivity index (χ2v) is 15.6. The molecular weight excluding hydrogens is 692 g/mol. The van der Waals surface area contributed by atoms with Gasteiger partial charge in [-0.2, -0.15) is 0 Å². The fraction of sp³-hybridized carbons (Fsp3) is 0.833. The van der Waals surface area contributed by atoms with Gasteiger partial charge >= 0.3 is 0 Å². The van der Waals surface area contributed by atoms with E-state index in [1.54, 1.807) is 49.4 Å². The maximum atomic E-state index is 11.2. The van der Waals surface area contributed by atoms with Gasteiger partial charge in [0.1, 0.15) is 6.10 Å². The molecule has 296 valence electrons. The van der Waals surface area contributed by atoms with E-state index in [2.05, 4.69) is 47.2 Å². The molecule has 1 saturated heterocycles. The summed E-state index contributed by atoms with van der Waals surface area (Å²) in [4.78, 5) is 0. The lowest BCUT2D eigenvalue weighted by Crippen LogP contribution is -2.29. The van der Waals surface area contributed by atoms with Gasteiger partial charge in [-0.05, 0) is 71.1 Å². The standard InChI is InChI=1S/C9H18O2.C8H15ClO4S.C7H12O2.C6H12O2.C3H6O2.C3H4/c1-9(4-5-9)6-8(11-3)7-10-2;1-12-6-7(13-2)5-8(3-4-8)14(9,10)11;1-3-4-5-7(8)6-9-2;1-5(2)3-6(8)4-7;4-1-3-2-5-3;1-3-2/h8H,4-7H2,1-3H3;7H,3-6H2,1-2H3;7-8H,5-6H2,1-2H3;6-8H,1,3-4H2,2H3;3-4H,1-2H2;1H,2H3/t8-;2*7-;6-;3-;/m00001./s1. The van der Waals surface area contributed by atoms with Gasteiger partial charge in [0.15, 0.2) is 0 Å². The van der Waals surface area contributed by atoms with E-state index < -0.39 is 26.0 Å². The smallest absolute Gasteiger partial charge is 0.238 e. The summed E-state index contributed by atoms with van der Waals surface area (Å²) in [6.07, 6.45) is 10.4. The highest BCUT2D eigenvalue weighted by molar-refractivity contribution is 8.15. The van der Waals surface area contributed by atoms with Gasteiger partial charge in [0.05, 0.1) is 68.8 Å². The van der Waals surface area contributed by atoms with Crippen LogP contribution in [0.4, 0.5) is 0 Å². The molecule has 3 aliphatic rings. The molecule has 50 heavy (non-hydrogen) atoms. The summed E-state index contributed by atoms with van der Waals surface area (Å²) in [5, 5.41) is 34.0. The molecule has 4 N–H and O–H groups in total. The van der Waals surface area contributed by atoms with Crippen molar-refractivity contribution in [1.82, 2.24) is 0 Å². The van der Waals surface area contributed by atoms with Crippen LogP contribution in [0.15, 0.2) is 12.2 Å². The predicted molar refractivity (Wildman–Crippen MR) is 198 cm³/mol. The third-order valence-corrected chi connectivity index (χ3v) is 9.99. The summed E-state index contributed by atoms with van der Waals surface area (Å²) in [6.45, 7) is 13.4. The molecular formula is C36H67ClO12S. The normalized spacial score (nSPS) is 19.1. The van der Waals surface area contributed by atoms with Crippen LogP contribution in [-0.4, -0.2) is 139 Å². The summed E-state index contributed by atoms with van der Waals surface area (Å²) in [5.74, 6) is 7.69. The Morgan fingerprint density at radius 1 is 0.940 bits per heavy atom. The number of ether oxygens (including phenoxy) is 6. The third kappa shape index (κ3) is 31.4. The molecule has 5 atom stereocenters. The van der Waals surface area contributed by atoms with Crippen molar-refractivity contribution in [2.45, 2.75) is 114 Å². The minimum atomic E-state index is -3.48. The number of hydrogen-bond donors (Lipinski definition) is 4. The summed E-state index contributed by atoms with van der Waals surface area (Å²) in [6, 6.07) is 0. The van der Waals surface area contributed by atoms with Gasteiger partial charge in [0.25, 0.3) is 0 Å². The van der Waals surface area contributed by atoms with Crippen LogP contribution < -0.4 is 0 Å². The van der Waals surface area contributed by atoms with Crippen LogP contribution in [0.25, 0.3) is 0 Å². The molecule has 0 radical (unpaired) electrons.